The summed E-state index contributed by atoms with van der Waals surface area (Å²) in [5.74, 6) is -0.375. The van der Waals surface area contributed by atoms with E-state index in [0.717, 1.165) is 43.6 Å². The minimum atomic E-state index is -0.485. The zero-order valence-corrected chi connectivity index (χ0v) is 15.3. The zero-order chi connectivity index (χ0) is 18.7. The first kappa shape index (κ1) is 18.2. The number of rotatable bonds is 4. The first-order valence-corrected chi connectivity index (χ1v) is 8.94. The fraction of sp³-hybridized carbons (Fsp3) is 0.316. The molecule has 0 spiro atoms. The third-order valence-corrected chi connectivity index (χ3v) is 4.82. The summed E-state index contributed by atoms with van der Waals surface area (Å²) in [5, 5.41) is 14.5. The molecule has 136 valence electrons. The Bertz CT molecular complexity index is 848. The van der Waals surface area contributed by atoms with Crippen molar-refractivity contribution in [2.45, 2.75) is 26.2 Å². The molecule has 1 N–H and O–H groups in total. The second-order valence-electron chi connectivity index (χ2n) is 6.42. The lowest BCUT2D eigenvalue weighted by Crippen LogP contribution is -2.31. The molecule has 1 aliphatic heterocycles. The van der Waals surface area contributed by atoms with Crippen molar-refractivity contribution in [3.63, 3.8) is 0 Å². The predicted octanol–water partition coefficient (Wildman–Crippen LogP) is 4.80. The quantitative estimate of drug-likeness (QED) is 0.617. The molecule has 1 aliphatic rings. The van der Waals surface area contributed by atoms with Gasteiger partial charge in [-0.05, 0) is 49.9 Å². The van der Waals surface area contributed by atoms with Crippen molar-refractivity contribution in [2.24, 2.45) is 0 Å². The Morgan fingerprint density at radius 2 is 1.88 bits per heavy atom. The van der Waals surface area contributed by atoms with E-state index in [9.17, 15) is 14.9 Å². The first-order chi connectivity index (χ1) is 12.5. The van der Waals surface area contributed by atoms with Crippen LogP contribution in [0.1, 0.15) is 35.2 Å². The van der Waals surface area contributed by atoms with Crippen LogP contribution in [0.15, 0.2) is 36.4 Å². The number of amides is 1. The van der Waals surface area contributed by atoms with Crippen LogP contribution in [0.5, 0.6) is 0 Å². The van der Waals surface area contributed by atoms with Crippen molar-refractivity contribution >= 4 is 34.6 Å². The van der Waals surface area contributed by atoms with E-state index in [1.54, 1.807) is 18.2 Å². The Balaban J connectivity index is 1.97. The van der Waals surface area contributed by atoms with E-state index in [0.29, 0.717) is 16.3 Å². The molecule has 2 aromatic rings. The number of carbonyl (C=O) groups excluding carboxylic acids is 1. The third kappa shape index (κ3) is 3.96. The SMILES string of the molecule is Cc1ccc(Cl)cc1NC(=O)c1cc([N+](=O)[O-])ccc1N1CCCCC1. The fourth-order valence-corrected chi connectivity index (χ4v) is 3.32. The van der Waals surface area contributed by atoms with Crippen LogP contribution in [0.2, 0.25) is 5.02 Å². The molecule has 6 nitrogen and oxygen atoms in total. The highest BCUT2D eigenvalue weighted by Crippen LogP contribution is 2.29. The molecular formula is C19H20ClN3O3. The van der Waals surface area contributed by atoms with Gasteiger partial charge in [0.15, 0.2) is 0 Å². The number of benzene rings is 2. The van der Waals surface area contributed by atoms with Gasteiger partial charge >= 0.3 is 0 Å². The van der Waals surface area contributed by atoms with Crippen LogP contribution >= 0.6 is 11.6 Å². The Morgan fingerprint density at radius 1 is 1.15 bits per heavy atom. The summed E-state index contributed by atoms with van der Waals surface area (Å²) in [4.78, 5) is 25.7. The predicted molar refractivity (Wildman–Crippen MR) is 103 cm³/mol. The molecule has 0 aromatic heterocycles. The van der Waals surface area contributed by atoms with Crippen molar-refractivity contribution in [1.82, 2.24) is 0 Å². The maximum absolute atomic E-state index is 12.9. The van der Waals surface area contributed by atoms with Crippen LogP contribution in [0.3, 0.4) is 0 Å². The maximum Gasteiger partial charge on any atom is 0.270 e. The van der Waals surface area contributed by atoms with Crippen molar-refractivity contribution in [3.05, 3.63) is 62.7 Å². The summed E-state index contributed by atoms with van der Waals surface area (Å²) in [7, 11) is 0. The van der Waals surface area contributed by atoms with E-state index in [2.05, 4.69) is 10.2 Å². The Labute approximate surface area is 156 Å². The van der Waals surface area contributed by atoms with Gasteiger partial charge in [-0.15, -0.1) is 0 Å². The Morgan fingerprint density at radius 3 is 2.58 bits per heavy atom. The van der Waals surface area contributed by atoms with Crippen LogP contribution in [0, 0.1) is 17.0 Å². The molecule has 1 amide bonds. The summed E-state index contributed by atoms with van der Waals surface area (Å²) in [6.07, 6.45) is 3.25. The topological polar surface area (TPSA) is 75.5 Å². The fourth-order valence-electron chi connectivity index (χ4n) is 3.15. The number of hydrogen-bond acceptors (Lipinski definition) is 4. The van der Waals surface area contributed by atoms with E-state index in [1.165, 1.54) is 12.1 Å². The number of non-ortho nitro benzene ring substituents is 1. The van der Waals surface area contributed by atoms with Gasteiger partial charge in [0.1, 0.15) is 0 Å². The third-order valence-electron chi connectivity index (χ3n) is 4.58. The molecular weight excluding hydrogens is 354 g/mol. The van der Waals surface area contributed by atoms with Gasteiger partial charge < -0.3 is 10.2 Å². The number of nitro groups is 1. The number of nitrogens with one attached hydrogen (secondary N) is 1. The number of aryl methyl sites for hydroxylation is 1. The van der Waals surface area contributed by atoms with Crippen LogP contribution in [-0.4, -0.2) is 23.9 Å². The van der Waals surface area contributed by atoms with Crippen molar-refractivity contribution in [2.75, 3.05) is 23.3 Å². The summed E-state index contributed by atoms with van der Waals surface area (Å²) < 4.78 is 0. The van der Waals surface area contributed by atoms with Gasteiger partial charge in [0.25, 0.3) is 11.6 Å². The highest BCUT2D eigenvalue weighted by atomic mass is 35.5. The lowest BCUT2D eigenvalue weighted by atomic mass is 10.1. The minimum Gasteiger partial charge on any atom is -0.371 e. The standard InChI is InChI=1S/C19H20ClN3O3/c1-13-5-6-14(20)11-17(13)21-19(24)16-12-15(23(25)26)7-8-18(16)22-9-3-2-4-10-22/h5-8,11-12H,2-4,9-10H2,1H3,(H,21,24). The summed E-state index contributed by atoms with van der Waals surface area (Å²) in [6.45, 7) is 3.55. The number of hydrogen-bond donors (Lipinski definition) is 1. The lowest BCUT2D eigenvalue weighted by molar-refractivity contribution is -0.384. The average Bonchev–Trinajstić information content (AvgIpc) is 2.65. The van der Waals surface area contributed by atoms with E-state index in [1.807, 2.05) is 13.0 Å². The number of nitro benzene ring substituents is 1. The van der Waals surface area contributed by atoms with Crippen LogP contribution in [0.4, 0.5) is 17.1 Å². The van der Waals surface area contributed by atoms with Crippen molar-refractivity contribution < 1.29 is 9.72 Å². The molecule has 1 fully saturated rings. The van der Waals surface area contributed by atoms with Gasteiger partial charge in [0, 0.05) is 35.9 Å². The summed E-state index contributed by atoms with van der Waals surface area (Å²) in [5.41, 5.74) is 2.40. The molecule has 1 heterocycles. The first-order valence-electron chi connectivity index (χ1n) is 8.56. The van der Waals surface area contributed by atoms with E-state index in [4.69, 9.17) is 11.6 Å². The molecule has 0 saturated carbocycles. The number of carbonyl (C=O) groups is 1. The molecule has 26 heavy (non-hydrogen) atoms. The van der Waals surface area contributed by atoms with E-state index in [-0.39, 0.29) is 11.6 Å². The van der Waals surface area contributed by atoms with Gasteiger partial charge in [-0.3, -0.25) is 14.9 Å². The Kier molecular flexibility index (Phi) is 5.42. The van der Waals surface area contributed by atoms with E-state index < -0.39 is 4.92 Å². The lowest BCUT2D eigenvalue weighted by Gasteiger charge is -2.30. The molecule has 0 bridgehead atoms. The highest BCUT2D eigenvalue weighted by Gasteiger charge is 2.22. The molecule has 0 unspecified atom stereocenters. The second-order valence-corrected chi connectivity index (χ2v) is 6.86. The molecule has 7 heteroatoms. The van der Waals surface area contributed by atoms with Gasteiger partial charge in [-0.25, -0.2) is 0 Å². The number of anilines is 2. The van der Waals surface area contributed by atoms with Crippen LogP contribution < -0.4 is 10.2 Å². The molecule has 1 saturated heterocycles. The molecule has 0 radical (unpaired) electrons. The number of piperidine rings is 1. The van der Waals surface area contributed by atoms with Gasteiger partial charge in [-0.1, -0.05) is 17.7 Å². The normalized spacial score (nSPS) is 14.2. The van der Waals surface area contributed by atoms with Crippen LogP contribution in [0.25, 0.3) is 0 Å². The summed E-state index contributed by atoms with van der Waals surface area (Å²) >= 11 is 6.02. The molecule has 0 atom stereocenters. The summed E-state index contributed by atoms with van der Waals surface area (Å²) in [6, 6.07) is 9.70. The molecule has 2 aromatic carbocycles. The zero-order valence-electron chi connectivity index (χ0n) is 14.5. The number of halogens is 1. The second kappa shape index (κ2) is 7.74. The van der Waals surface area contributed by atoms with Gasteiger partial charge in [0.05, 0.1) is 16.2 Å². The number of nitrogens with zero attached hydrogens (tertiary/aromatic N) is 2. The van der Waals surface area contributed by atoms with Crippen LogP contribution in [-0.2, 0) is 0 Å². The monoisotopic (exact) mass is 373 g/mol. The maximum atomic E-state index is 12.9. The molecule has 3 rings (SSSR count). The average molecular weight is 374 g/mol. The smallest absolute Gasteiger partial charge is 0.270 e. The molecule has 0 aliphatic carbocycles. The van der Waals surface area contributed by atoms with Gasteiger partial charge in [-0.2, -0.15) is 0 Å². The van der Waals surface area contributed by atoms with Gasteiger partial charge in [0.2, 0.25) is 0 Å². The Hall–Kier alpha value is -2.60. The minimum absolute atomic E-state index is 0.0984. The highest BCUT2D eigenvalue weighted by molar-refractivity contribution is 6.31. The van der Waals surface area contributed by atoms with Crippen molar-refractivity contribution in [3.8, 4) is 0 Å². The van der Waals surface area contributed by atoms with Crippen molar-refractivity contribution in [1.29, 1.82) is 0 Å². The largest absolute Gasteiger partial charge is 0.371 e. The van der Waals surface area contributed by atoms with E-state index >= 15 is 0 Å².